The highest BCUT2D eigenvalue weighted by molar-refractivity contribution is 9.10. The van der Waals surface area contributed by atoms with Crippen molar-refractivity contribution < 1.29 is 22.7 Å². The summed E-state index contributed by atoms with van der Waals surface area (Å²) in [6, 6.07) is 18.6. The minimum Gasteiger partial charge on any atom is -0.497 e. The molecular formula is C22H21BrN2O5S. The van der Waals surface area contributed by atoms with Crippen molar-refractivity contribution in [2.45, 2.75) is 11.4 Å². The standard InChI is InChI=1S/C22H21BrN2O5S/c1-29-17-9-11-20(30-2)21(13-17)31(27,28)25-19-10-8-16(23)12-18(19)22(26)24-14-15-6-4-3-5-7-15/h3-13,25H,14H2,1-2H3,(H,24,26). The van der Waals surface area contributed by atoms with Crippen molar-refractivity contribution in [2.75, 3.05) is 18.9 Å². The third-order valence-corrected chi connectivity index (χ3v) is 6.31. The zero-order chi connectivity index (χ0) is 22.4. The van der Waals surface area contributed by atoms with Gasteiger partial charge in [-0.15, -0.1) is 0 Å². The van der Waals surface area contributed by atoms with Crippen LogP contribution in [0, 0.1) is 0 Å². The fourth-order valence-corrected chi connectivity index (χ4v) is 4.49. The van der Waals surface area contributed by atoms with Crippen LogP contribution in [-0.4, -0.2) is 28.5 Å². The van der Waals surface area contributed by atoms with Gasteiger partial charge in [0.1, 0.15) is 16.4 Å². The topological polar surface area (TPSA) is 93.7 Å². The van der Waals surface area contributed by atoms with E-state index in [1.54, 1.807) is 18.2 Å². The summed E-state index contributed by atoms with van der Waals surface area (Å²) in [6.45, 7) is 0.308. The number of hydrogen-bond donors (Lipinski definition) is 2. The number of halogens is 1. The molecule has 0 bridgehead atoms. The molecule has 0 atom stereocenters. The Morgan fingerprint density at radius 2 is 1.71 bits per heavy atom. The van der Waals surface area contributed by atoms with Crippen LogP contribution in [0.3, 0.4) is 0 Å². The molecule has 0 aliphatic carbocycles. The number of methoxy groups -OCH3 is 2. The molecule has 7 nitrogen and oxygen atoms in total. The van der Waals surface area contributed by atoms with Gasteiger partial charge in [-0.2, -0.15) is 0 Å². The second kappa shape index (κ2) is 9.84. The Kier molecular flexibility index (Phi) is 7.19. The lowest BCUT2D eigenvalue weighted by molar-refractivity contribution is 0.0951. The van der Waals surface area contributed by atoms with Crippen LogP contribution < -0.4 is 19.5 Å². The number of amides is 1. The molecule has 0 saturated carbocycles. The van der Waals surface area contributed by atoms with Crippen LogP contribution in [0.5, 0.6) is 11.5 Å². The Hall–Kier alpha value is -3.04. The largest absolute Gasteiger partial charge is 0.497 e. The van der Waals surface area contributed by atoms with E-state index in [0.717, 1.165) is 5.56 Å². The second-order valence-electron chi connectivity index (χ2n) is 6.48. The Morgan fingerprint density at radius 1 is 0.968 bits per heavy atom. The first-order chi connectivity index (χ1) is 14.8. The van der Waals surface area contributed by atoms with Gasteiger partial charge < -0.3 is 14.8 Å². The van der Waals surface area contributed by atoms with Gasteiger partial charge >= 0.3 is 0 Å². The molecular weight excluding hydrogens is 484 g/mol. The van der Waals surface area contributed by atoms with Gasteiger partial charge in [0.2, 0.25) is 0 Å². The number of nitrogens with one attached hydrogen (secondary N) is 2. The van der Waals surface area contributed by atoms with Gasteiger partial charge in [0.15, 0.2) is 0 Å². The lowest BCUT2D eigenvalue weighted by atomic mass is 10.1. The third kappa shape index (κ3) is 5.56. The molecule has 0 spiro atoms. The van der Waals surface area contributed by atoms with Crippen LogP contribution in [0.15, 0.2) is 76.1 Å². The third-order valence-electron chi connectivity index (χ3n) is 4.43. The molecule has 0 aliphatic rings. The highest BCUT2D eigenvalue weighted by atomic mass is 79.9. The number of carbonyl (C=O) groups excluding carboxylic acids is 1. The van der Waals surface area contributed by atoms with Gasteiger partial charge in [0.05, 0.1) is 25.5 Å². The maximum Gasteiger partial charge on any atom is 0.265 e. The van der Waals surface area contributed by atoms with Gasteiger partial charge in [0.25, 0.3) is 15.9 Å². The van der Waals surface area contributed by atoms with E-state index >= 15 is 0 Å². The fourth-order valence-electron chi connectivity index (χ4n) is 2.86. The fraction of sp³-hybridized carbons (Fsp3) is 0.136. The van der Waals surface area contributed by atoms with Gasteiger partial charge in [-0.05, 0) is 35.9 Å². The lowest BCUT2D eigenvalue weighted by Crippen LogP contribution is -2.25. The van der Waals surface area contributed by atoms with Crippen molar-refractivity contribution in [2.24, 2.45) is 0 Å². The predicted octanol–water partition coefficient (Wildman–Crippen LogP) is 4.20. The van der Waals surface area contributed by atoms with Gasteiger partial charge in [-0.3, -0.25) is 9.52 Å². The van der Waals surface area contributed by atoms with Gasteiger partial charge in [-0.25, -0.2) is 8.42 Å². The van der Waals surface area contributed by atoms with Crippen molar-refractivity contribution >= 4 is 37.5 Å². The number of carbonyl (C=O) groups is 1. The first kappa shape index (κ1) is 22.6. The summed E-state index contributed by atoms with van der Waals surface area (Å²) in [6.07, 6.45) is 0. The summed E-state index contributed by atoms with van der Waals surface area (Å²) in [4.78, 5) is 12.7. The molecule has 3 aromatic rings. The van der Waals surface area contributed by atoms with Crippen LogP contribution >= 0.6 is 15.9 Å². The maximum absolute atomic E-state index is 13.1. The van der Waals surface area contributed by atoms with Crippen molar-refractivity contribution in [3.05, 3.63) is 82.3 Å². The van der Waals surface area contributed by atoms with Crippen molar-refractivity contribution in [3.8, 4) is 11.5 Å². The van der Waals surface area contributed by atoms with Crippen LogP contribution in [0.2, 0.25) is 0 Å². The van der Waals surface area contributed by atoms with Crippen LogP contribution in [0.4, 0.5) is 5.69 Å². The zero-order valence-corrected chi connectivity index (χ0v) is 19.3. The quantitative estimate of drug-likeness (QED) is 0.479. The SMILES string of the molecule is COc1ccc(OC)c(S(=O)(=O)Nc2ccc(Br)cc2C(=O)NCc2ccccc2)c1. The summed E-state index contributed by atoms with van der Waals surface area (Å²) in [7, 11) is -1.26. The molecule has 0 radical (unpaired) electrons. The summed E-state index contributed by atoms with van der Waals surface area (Å²) < 4.78 is 39.7. The Labute approximate surface area is 189 Å². The number of anilines is 1. The average Bonchev–Trinajstić information content (AvgIpc) is 2.78. The number of rotatable bonds is 8. The van der Waals surface area contributed by atoms with E-state index in [1.807, 2.05) is 30.3 Å². The Balaban J connectivity index is 1.90. The van der Waals surface area contributed by atoms with Gasteiger partial charge in [-0.1, -0.05) is 46.3 Å². The van der Waals surface area contributed by atoms with E-state index in [9.17, 15) is 13.2 Å². The highest BCUT2D eigenvalue weighted by Crippen LogP contribution is 2.31. The minimum absolute atomic E-state index is 0.104. The highest BCUT2D eigenvalue weighted by Gasteiger charge is 2.23. The van der Waals surface area contributed by atoms with Crippen LogP contribution in [0.25, 0.3) is 0 Å². The summed E-state index contributed by atoms with van der Waals surface area (Å²) in [5.41, 5.74) is 1.24. The van der Waals surface area contributed by atoms with E-state index < -0.39 is 15.9 Å². The maximum atomic E-state index is 13.1. The number of hydrogen-bond acceptors (Lipinski definition) is 5. The Bertz CT molecular complexity index is 1180. The smallest absolute Gasteiger partial charge is 0.265 e. The normalized spacial score (nSPS) is 10.9. The lowest BCUT2D eigenvalue weighted by Gasteiger charge is -2.15. The number of benzene rings is 3. The first-order valence-electron chi connectivity index (χ1n) is 9.20. The monoisotopic (exact) mass is 504 g/mol. The van der Waals surface area contributed by atoms with Crippen molar-refractivity contribution in [1.29, 1.82) is 0 Å². The van der Waals surface area contributed by atoms with Crippen LogP contribution in [-0.2, 0) is 16.6 Å². The molecule has 0 heterocycles. The van der Waals surface area contributed by atoms with E-state index in [2.05, 4.69) is 26.0 Å². The number of ether oxygens (including phenoxy) is 2. The molecule has 3 aromatic carbocycles. The molecule has 31 heavy (non-hydrogen) atoms. The average molecular weight is 505 g/mol. The summed E-state index contributed by atoms with van der Waals surface area (Å²) in [5.74, 6) is 0.0961. The molecule has 0 aliphatic heterocycles. The predicted molar refractivity (Wildman–Crippen MR) is 122 cm³/mol. The summed E-state index contributed by atoms with van der Waals surface area (Å²) >= 11 is 3.33. The molecule has 0 saturated heterocycles. The molecule has 3 rings (SSSR count). The molecule has 0 unspecified atom stereocenters. The minimum atomic E-state index is -4.07. The van der Waals surface area contributed by atoms with Crippen molar-refractivity contribution in [3.63, 3.8) is 0 Å². The number of sulfonamides is 1. The molecule has 2 N–H and O–H groups in total. The first-order valence-corrected chi connectivity index (χ1v) is 11.5. The molecule has 162 valence electrons. The second-order valence-corrected chi connectivity index (χ2v) is 9.05. The van der Waals surface area contributed by atoms with Gasteiger partial charge in [0, 0.05) is 17.1 Å². The molecule has 0 fully saturated rings. The molecule has 9 heteroatoms. The van der Waals surface area contributed by atoms with Crippen molar-refractivity contribution in [1.82, 2.24) is 5.32 Å². The molecule has 0 aromatic heterocycles. The van der Waals surface area contributed by atoms with E-state index in [1.165, 1.54) is 32.4 Å². The van der Waals surface area contributed by atoms with E-state index in [0.29, 0.717) is 16.8 Å². The summed E-state index contributed by atoms with van der Waals surface area (Å²) in [5, 5.41) is 2.81. The zero-order valence-electron chi connectivity index (χ0n) is 16.9. The Morgan fingerprint density at radius 3 is 2.39 bits per heavy atom. The van der Waals surface area contributed by atoms with E-state index in [-0.39, 0.29) is 21.9 Å². The van der Waals surface area contributed by atoms with E-state index in [4.69, 9.17) is 9.47 Å². The van der Waals surface area contributed by atoms with Crippen LogP contribution in [0.1, 0.15) is 15.9 Å². The molecule has 1 amide bonds.